The van der Waals surface area contributed by atoms with Crippen LogP contribution < -0.4 is 10.1 Å². The van der Waals surface area contributed by atoms with Crippen LogP contribution in [-0.4, -0.2) is 42.2 Å². The van der Waals surface area contributed by atoms with Crippen LogP contribution in [0.15, 0.2) is 42.6 Å². The van der Waals surface area contributed by atoms with Gasteiger partial charge in [-0.1, -0.05) is 12.1 Å². The number of hydrogen-bond donors (Lipinski definition) is 1. The monoisotopic (exact) mass is 323 g/mol. The third-order valence-electron chi connectivity index (χ3n) is 5.64. The van der Waals surface area contributed by atoms with Crippen molar-refractivity contribution in [2.75, 3.05) is 25.5 Å². The Morgan fingerprint density at radius 1 is 1.17 bits per heavy atom. The van der Waals surface area contributed by atoms with E-state index in [1.807, 2.05) is 24.4 Å². The van der Waals surface area contributed by atoms with Crippen molar-refractivity contribution in [1.82, 2.24) is 9.88 Å². The Hall–Kier alpha value is -2.07. The predicted molar refractivity (Wildman–Crippen MR) is 97.4 cm³/mol. The normalized spacial score (nSPS) is 28.6. The number of anilines is 1. The molecule has 0 amide bonds. The second-order valence-electron chi connectivity index (χ2n) is 6.95. The number of benzene rings is 1. The summed E-state index contributed by atoms with van der Waals surface area (Å²) in [6.07, 6.45) is 4.59. The van der Waals surface area contributed by atoms with Gasteiger partial charge in [0.15, 0.2) is 0 Å². The predicted octanol–water partition coefficient (Wildman–Crippen LogP) is 3.65. The zero-order valence-corrected chi connectivity index (χ0v) is 14.4. The summed E-state index contributed by atoms with van der Waals surface area (Å²) in [5.41, 5.74) is 3.17. The first kappa shape index (κ1) is 15.5. The minimum atomic E-state index is 0.539. The van der Waals surface area contributed by atoms with Crippen LogP contribution in [-0.2, 0) is 0 Å². The van der Waals surface area contributed by atoms with Crippen molar-refractivity contribution in [3.8, 4) is 17.0 Å². The first-order valence-corrected chi connectivity index (χ1v) is 8.85. The highest BCUT2D eigenvalue weighted by Crippen LogP contribution is 2.34. The van der Waals surface area contributed by atoms with Crippen LogP contribution in [0.4, 0.5) is 5.69 Å². The molecule has 2 aromatic rings. The summed E-state index contributed by atoms with van der Waals surface area (Å²) < 4.78 is 5.30. The van der Waals surface area contributed by atoms with E-state index in [9.17, 15) is 0 Å². The molecular weight excluding hydrogens is 298 g/mol. The standard InChI is InChI=1S/C20H25N3O/c1-14-20(15-8-10-23(14)11-9-15)22-17-6-7-19(21-13-17)16-4-3-5-18(12-16)24-2/h3-7,12-15,20,22H,8-11H2,1-2H3/t14-,20-/m1/s1. The van der Waals surface area contributed by atoms with Crippen LogP contribution in [0.5, 0.6) is 5.75 Å². The lowest BCUT2D eigenvalue weighted by atomic mass is 9.79. The fraction of sp³-hybridized carbons (Fsp3) is 0.450. The van der Waals surface area contributed by atoms with Crippen molar-refractivity contribution in [3.63, 3.8) is 0 Å². The van der Waals surface area contributed by atoms with Gasteiger partial charge in [0, 0.05) is 17.6 Å². The Morgan fingerprint density at radius 3 is 2.67 bits per heavy atom. The fourth-order valence-corrected chi connectivity index (χ4v) is 4.17. The second-order valence-corrected chi connectivity index (χ2v) is 6.95. The van der Waals surface area contributed by atoms with Gasteiger partial charge in [0.1, 0.15) is 5.75 Å². The molecule has 24 heavy (non-hydrogen) atoms. The molecule has 5 rings (SSSR count). The molecule has 0 spiro atoms. The van der Waals surface area contributed by atoms with Crippen LogP contribution in [0, 0.1) is 5.92 Å². The summed E-state index contributed by atoms with van der Waals surface area (Å²) >= 11 is 0. The van der Waals surface area contributed by atoms with Crippen molar-refractivity contribution in [2.24, 2.45) is 5.92 Å². The first-order chi connectivity index (χ1) is 11.7. The van der Waals surface area contributed by atoms with Crippen LogP contribution in [0.2, 0.25) is 0 Å². The van der Waals surface area contributed by atoms with E-state index in [-0.39, 0.29) is 0 Å². The molecule has 3 aliphatic heterocycles. The summed E-state index contributed by atoms with van der Waals surface area (Å²) in [6.45, 7) is 4.87. The molecule has 0 unspecified atom stereocenters. The summed E-state index contributed by atoms with van der Waals surface area (Å²) in [6, 6.07) is 13.4. The van der Waals surface area contributed by atoms with Crippen LogP contribution >= 0.6 is 0 Å². The fourth-order valence-electron chi connectivity index (χ4n) is 4.17. The highest BCUT2D eigenvalue weighted by molar-refractivity contribution is 5.63. The Balaban J connectivity index is 1.50. The molecule has 1 aromatic heterocycles. The van der Waals surface area contributed by atoms with Gasteiger partial charge in [-0.25, -0.2) is 0 Å². The lowest BCUT2D eigenvalue weighted by Gasteiger charge is -2.50. The minimum absolute atomic E-state index is 0.539. The molecule has 2 atom stereocenters. The van der Waals surface area contributed by atoms with Gasteiger partial charge >= 0.3 is 0 Å². The summed E-state index contributed by atoms with van der Waals surface area (Å²) in [5, 5.41) is 3.73. The topological polar surface area (TPSA) is 37.4 Å². The van der Waals surface area contributed by atoms with Gasteiger partial charge in [0.2, 0.25) is 0 Å². The van der Waals surface area contributed by atoms with E-state index in [1.165, 1.54) is 25.9 Å². The van der Waals surface area contributed by atoms with E-state index >= 15 is 0 Å². The van der Waals surface area contributed by atoms with Gasteiger partial charge in [-0.3, -0.25) is 9.88 Å². The lowest BCUT2D eigenvalue weighted by Crippen LogP contribution is -2.59. The number of methoxy groups -OCH3 is 1. The maximum Gasteiger partial charge on any atom is 0.119 e. The summed E-state index contributed by atoms with van der Waals surface area (Å²) in [7, 11) is 1.69. The van der Waals surface area contributed by atoms with E-state index < -0.39 is 0 Å². The van der Waals surface area contributed by atoms with Crippen molar-refractivity contribution in [2.45, 2.75) is 31.8 Å². The lowest BCUT2D eigenvalue weighted by molar-refractivity contribution is 0.0458. The Morgan fingerprint density at radius 2 is 2.00 bits per heavy atom. The number of fused-ring (bicyclic) bond motifs is 3. The van der Waals surface area contributed by atoms with Crippen LogP contribution in [0.25, 0.3) is 11.3 Å². The maximum atomic E-state index is 5.30. The van der Waals surface area contributed by atoms with Crippen molar-refractivity contribution in [1.29, 1.82) is 0 Å². The van der Waals surface area contributed by atoms with Crippen LogP contribution in [0.3, 0.4) is 0 Å². The quantitative estimate of drug-likeness (QED) is 0.932. The van der Waals surface area contributed by atoms with Gasteiger partial charge in [-0.2, -0.15) is 0 Å². The highest BCUT2D eigenvalue weighted by atomic mass is 16.5. The van der Waals surface area contributed by atoms with E-state index in [2.05, 4.69) is 40.3 Å². The van der Waals surface area contributed by atoms with Crippen molar-refractivity contribution < 1.29 is 4.74 Å². The largest absolute Gasteiger partial charge is 0.497 e. The number of nitrogens with zero attached hydrogens (tertiary/aromatic N) is 2. The molecule has 126 valence electrons. The van der Waals surface area contributed by atoms with Crippen molar-refractivity contribution >= 4 is 5.69 Å². The zero-order chi connectivity index (χ0) is 16.5. The first-order valence-electron chi connectivity index (χ1n) is 8.85. The Kier molecular flexibility index (Phi) is 4.15. The summed E-state index contributed by atoms with van der Waals surface area (Å²) in [4.78, 5) is 7.25. The Labute approximate surface area is 143 Å². The van der Waals surface area contributed by atoms with E-state index in [0.717, 1.165) is 28.6 Å². The molecule has 1 N–H and O–H groups in total. The molecule has 4 heteroatoms. The molecule has 4 heterocycles. The number of hydrogen-bond acceptors (Lipinski definition) is 4. The number of ether oxygens (including phenoxy) is 1. The van der Waals surface area contributed by atoms with E-state index in [1.54, 1.807) is 7.11 Å². The average molecular weight is 323 g/mol. The number of pyridine rings is 1. The second kappa shape index (κ2) is 6.44. The van der Waals surface area contributed by atoms with Gasteiger partial charge in [0.25, 0.3) is 0 Å². The van der Waals surface area contributed by atoms with Gasteiger partial charge in [0.05, 0.1) is 24.7 Å². The van der Waals surface area contributed by atoms with E-state index in [4.69, 9.17) is 4.74 Å². The average Bonchev–Trinajstić information content (AvgIpc) is 2.65. The molecule has 0 aliphatic carbocycles. The third-order valence-corrected chi connectivity index (χ3v) is 5.64. The molecule has 0 radical (unpaired) electrons. The third kappa shape index (κ3) is 2.86. The number of nitrogens with one attached hydrogen (secondary N) is 1. The van der Waals surface area contributed by atoms with Crippen molar-refractivity contribution in [3.05, 3.63) is 42.6 Å². The Bertz CT molecular complexity index is 690. The van der Waals surface area contributed by atoms with Gasteiger partial charge < -0.3 is 10.1 Å². The molecule has 3 fully saturated rings. The number of rotatable bonds is 4. The molecule has 3 aliphatic rings. The molecule has 2 bridgehead atoms. The number of piperidine rings is 3. The molecule has 0 saturated carbocycles. The van der Waals surface area contributed by atoms with Crippen LogP contribution in [0.1, 0.15) is 19.8 Å². The molecule has 1 aromatic carbocycles. The smallest absolute Gasteiger partial charge is 0.119 e. The van der Waals surface area contributed by atoms with Gasteiger partial charge in [-0.05, 0) is 63.0 Å². The highest BCUT2D eigenvalue weighted by Gasteiger charge is 2.39. The molecule has 4 nitrogen and oxygen atoms in total. The molecular formula is C20H25N3O. The SMILES string of the molecule is COc1cccc(-c2ccc(N[C@H]3C4CCN(CC4)[C@@H]3C)cn2)c1. The van der Waals surface area contributed by atoms with E-state index in [0.29, 0.717) is 12.1 Å². The zero-order valence-electron chi connectivity index (χ0n) is 14.4. The molecule has 3 saturated heterocycles. The minimum Gasteiger partial charge on any atom is -0.497 e. The van der Waals surface area contributed by atoms with Gasteiger partial charge in [-0.15, -0.1) is 0 Å². The number of aromatic nitrogens is 1. The maximum absolute atomic E-state index is 5.30. The summed E-state index contributed by atoms with van der Waals surface area (Å²) in [5.74, 6) is 1.65.